The maximum Gasteiger partial charge on any atom is 2.00 e. The van der Waals surface area contributed by atoms with Gasteiger partial charge in [0, 0.05) is 0 Å². The van der Waals surface area contributed by atoms with Crippen molar-refractivity contribution < 1.29 is 48.2 Å². The van der Waals surface area contributed by atoms with Crippen LogP contribution >= 0.6 is 0 Å². The fourth-order valence-corrected chi connectivity index (χ4v) is 0. The summed E-state index contributed by atoms with van der Waals surface area (Å²) in [5.74, 6) is 0. The third kappa shape index (κ3) is 669. The van der Waals surface area contributed by atoms with Crippen LogP contribution in [0.5, 0.6) is 0 Å². The summed E-state index contributed by atoms with van der Waals surface area (Å²) in [5, 5.41) is 0. The second kappa shape index (κ2) is 11.6. The Morgan fingerprint density at radius 2 is 1.00 bits per heavy atom. The van der Waals surface area contributed by atoms with E-state index in [4.69, 9.17) is 18.6 Å². The van der Waals surface area contributed by atoms with Crippen LogP contribution in [0.2, 0.25) is 0 Å². The normalized spacial score (nSPS) is 6.67. The van der Waals surface area contributed by atoms with Crippen LogP contribution in [0, 0.1) is 10.2 Å². The summed E-state index contributed by atoms with van der Waals surface area (Å²) in [5.41, 5.74) is 0. The minimum Gasteiger partial charge on any atom is -1.00 e. The molecule has 0 fully saturated rings. The smallest absolute Gasteiger partial charge is 1.00 e. The van der Waals surface area contributed by atoms with Gasteiger partial charge in [-0.25, -0.2) is 0 Å². The minimum absolute atomic E-state index is 0. The van der Waals surface area contributed by atoms with Crippen LogP contribution in [0.15, 0.2) is 0 Å². The molecule has 0 atom stereocenters. The maximum atomic E-state index is 8.60. The van der Waals surface area contributed by atoms with Crippen molar-refractivity contribution in [2.75, 3.05) is 0 Å². The molecule has 0 aromatic heterocycles. The molecule has 0 saturated heterocycles. The fraction of sp³-hybridized carbons (Fsp3) is 0. The van der Waals surface area contributed by atoms with Gasteiger partial charge in [-0.15, -0.1) is 0 Å². The van der Waals surface area contributed by atoms with E-state index in [9.17, 15) is 0 Å². The molecular formula is H9ClMgO7. The van der Waals surface area contributed by atoms with Gasteiger partial charge in [0.25, 0.3) is 0 Å². The summed E-state index contributed by atoms with van der Waals surface area (Å²) in [7, 11) is -4.69. The molecule has 0 aliphatic carbocycles. The van der Waals surface area contributed by atoms with Crippen molar-refractivity contribution in [1.82, 2.24) is 0 Å². The average Bonchev–Trinajstić information content (AvgIpc) is 0.722. The van der Waals surface area contributed by atoms with Crippen molar-refractivity contribution in [3.63, 3.8) is 0 Å². The number of rotatable bonds is 0. The molecule has 0 aromatic carbocycles. The Kier molecular flexibility index (Phi) is 42.4. The van der Waals surface area contributed by atoms with E-state index < -0.39 is 10.2 Å². The molecule has 9 heavy (non-hydrogen) atoms. The molecule has 0 amide bonds. The van der Waals surface area contributed by atoms with Gasteiger partial charge in [-0.1, -0.05) is 0 Å². The predicted octanol–water partition coefficient (Wildman–Crippen LogP) is -6.75. The SMILES string of the molecule is O.O.O.[H-].[H-].[Mg+2].[O-][Cl+3]([O-])([O-])O. The molecule has 0 bridgehead atoms. The summed E-state index contributed by atoms with van der Waals surface area (Å²) in [6, 6.07) is 0. The van der Waals surface area contributed by atoms with Crippen molar-refractivity contribution in [2.24, 2.45) is 0 Å². The Morgan fingerprint density at radius 3 is 1.00 bits per heavy atom. The van der Waals surface area contributed by atoms with Crippen molar-refractivity contribution in [3.05, 3.63) is 0 Å². The molecule has 0 radical (unpaired) electrons. The van der Waals surface area contributed by atoms with Gasteiger partial charge in [-0.05, 0) is 0 Å². The van der Waals surface area contributed by atoms with Gasteiger partial charge in [0.15, 0.2) is 0 Å². The molecule has 7 nitrogen and oxygen atoms in total. The molecule has 0 spiro atoms. The molecule has 0 unspecified atom stereocenters. The van der Waals surface area contributed by atoms with Crippen LogP contribution in [0.3, 0.4) is 0 Å². The van der Waals surface area contributed by atoms with Crippen LogP contribution in [0.25, 0.3) is 0 Å². The molecule has 0 aliphatic rings. The average molecular weight is 181 g/mol. The zero-order chi connectivity index (χ0) is 4.50. The Hall–Kier alpha value is 0.776. The van der Waals surface area contributed by atoms with E-state index >= 15 is 0 Å². The molecule has 9 heteroatoms. The second-order valence-electron chi connectivity index (χ2n) is 0.396. The van der Waals surface area contributed by atoms with Crippen molar-refractivity contribution in [1.29, 1.82) is 0 Å². The summed E-state index contributed by atoms with van der Waals surface area (Å²) >= 11 is 0. The molecular weight excluding hydrogens is 172 g/mol. The molecule has 0 saturated carbocycles. The second-order valence-corrected chi connectivity index (χ2v) is 1.19. The zero-order valence-corrected chi connectivity index (χ0v) is 6.43. The van der Waals surface area contributed by atoms with Gasteiger partial charge in [-0.3, -0.25) is 0 Å². The predicted molar refractivity (Wildman–Crippen MR) is 21.0 cm³/mol. The first kappa shape index (κ1) is 33.0. The fourth-order valence-electron chi connectivity index (χ4n) is 0. The topological polar surface area (TPSA) is 184 Å². The van der Waals surface area contributed by atoms with E-state index in [-0.39, 0.29) is 42.3 Å². The first-order valence-corrected chi connectivity index (χ1v) is 1.90. The van der Waals surface area contributed by atoms with Crippen LogP contribution < -0.4 is 14.0 Å². The van der Waals surface area contributed by atoms with Gasteiger partial charge in [0.1, 0.15) is 0 Å². The van der Waals surface area contributed by atoms with Gasteiger partial charge in [0.05, 0.1) is 14.9 Å². The molecule has 7 N–H and O–H groups in total. The molecule has 60 valence electrons. The van der Waals surface area contributed by atoms with Gasteiger partial charge in [0.2, 0.25) is 0 Å². The minimum atomic E-state index is -4.69. The van der Waals surface area contributed by atoms with E-state index in [1.54, 1.807) is 0 Å². The number of halogens is 1. The quantitative estimate of drug-likeness (QED) is 0.364. The summed E-state index contributed by atoms with van der Waals surface area (Å²) in [6.07, 6.45) is 0. The molecule has 0 heterocycles. The Bertz CT molecular complexity index is 31.9. The first-order chi connectivity index (χ1) is 2.00. The van der Waals surface area contributed by atoms with E-state index in [1.165, 1.54) is 0 Å². The third-order valence-electron chi connectivity index (χ3n) is 0. The zero-order valence-electron chi connectivity index (χ0n) is 6.26. The van der Waals surface area contributed by atoms with Crippen LogP contribution in [0.1, 0.15) is 2.85 Å². The first-order valence-electron chi connectivity index (χ1n) is 0.632. The molecule has 0 aromatic rings. The summed E-state index contributed by atoms with van der Waals surface area (Å²) < 4.78 is 32.7. The number of hydrogen-bond acceptors (Lipinski definition) is 4. The van der Waals surface area contributed by atoms with Crippen LogP contribution in [-0.2, 0) is 0 Å². The van der Waals surface area contributed by atoms with Crippen molar-refractivity contribution in [2.45, 2.75) is 0 Å². The van der Waals surface area contributed by atoms with Crippen LogP contribution in [0.4, 0.5) is 0 Å². The number of hydrogen-bond donors (Lipinski definition) is 1. The summed E-state index contributed by atoms with van der Waals surface area (Å²) in [4.78, 5) is 0. The van der Waals surface area contributed by atoms with Gasteiger partial charge in [-0.2, -0.15) is 14.0 Å². The van der Waals surface area contributed by atoms with E-state index in [2.05, 4.69) is 0 Å². The Balaban J connectivity index is -0.00000000533. The van der Waals surface area contributed by atoms with Gasteiger partial charge < -0.3 is 19.3 Å². The van der Waals surface area contributed by atoms with Crippen LogP contribution in [-0.4, -0.2) is 44.1 Å². The van der Waals surface area contributed by atoms with E-state index in [1.807, 2.05) is 0 Å². The molecule has 0 rings (SSSR count). The summed E-state index contributed by atoms with van der Waals surface area (Å²) in [6.45, 7) is 0. The van der Waals surface area contributed by atoms with Crippen molar-refractivity contribution >= 4 is 23.1 Å². The largest absolute Gasteiger partial charge is 2.00 e. The standard InChI is InChI=1S/ClHO4.Mg.3H2O.2H/c2-1(3,4)5;;;;;;/h(H,2,3,4,5);;3*1H2;;/q;+2;;;;2*-1. The van der Waals surface area contributed by atoms with E-state index in [0.717, 1.165) is 0 Å². The molecule has 0 aliphatic heterocycles. The Morgan fingerprint density at radius 1 is 1.00 bits per heavy atom. The van der Waals surface area contributed by atoms with Crippen molar-refractivity contribution in [3.8, 4) is 0 Å². The van der Waals surface area contributed by atoms with E-state index in [0.29, 0.717) is 0 Å². The van der Waals surface area contributed by atoms with Gasteiger partial charge >= 0.3 is 23.1 Å². The monoisotopic (exact) mass is 180 g/mol. The third-order valence-corrected chi connectivity index (χ3v) is 0. The Labute approximate surface area is 71.7 Å². The maximum absolute atomic E-state index is 8.60.